The van der Waals surface area contributed by atoms with E-state index in [-0.39, 0.29) is 18.3 Å². The SMILES string of the molecule is O=C1COc2ccc(C(=O)C=Cc3ccsc3)cc2N1. The molecule has 0 radical (unpaired) electrons. The van der Waals surface area contributed by atoms with E-state index < -0.39 is 0 Å². The monoisotopic (exact) mass is 285 g/mol. The summed E-state index contributed by atoms with van der Waals surface area (Å²) in [6.45, 7) is 0.0123. The van der Waals surface area contributed by atoms with Crippen LogP contribution >= 0.6 is 11.3 Å². The highest BCUT2D eigenvalue weighted by molar-refractivity contribution is 7.08. The van der Waals surface area contributed by atoms with E-state index in [0.29, 0.717) is 17.0 Å². The van der Waals surface area contributed by atoms with Crippen molar-refractivity contribution in [1.82, 2.24) is 0 Å². The van der Waals surface area contributed by atoms with Gasteiger partial charge >= 0.3 is 0 Å². The number of allylic oxidation sites excluding steroid dienone is 1. The third-order valence-corrected chi connectivity index (χ3v) is 3.57. The first kappa shape index (κ1) is 12.6. The lowest BCUT2D eigenvalue weighted by molar-refractivity contribution is -0.118. The van der Waals surface area contributed by atoms with Gasteiger partial charge in [0.25, 0.3) is 5.91 Å². The first-order valence-electron chi connectivity index (χ1n) is 6.04. The van der Waals surface area contributed by atoms with Crippen LogP contribution in [0.3, 0.4) is 0 Å². The maximum absolute atomic E-state index is 12.1. The summed E-state index contributed by atoms with van der Waals surface area (Å²) in [6.07, 6.45) is 3.29. The summed E-state index contributed by atoms with van der Waals surface area (Å²) in [5.41, 5.74) is 2.05. The third kappa shape index (κ3) is 2.62. The molecule has 3 rings (SSSR count). The Morgan fingerprint density at radius 2 is 2.25 bits per heavy atom. The van der Waals surface area contributed by atoms with Gasteiger partial charge in [0.05, 0.1) is 5.69 Å². The second-order valence-electron chi connectivity index (χ2n) is 4.30. The summed E-state index contributed by atoms with van der Waals surface area (Å²) in [5, 5.41) is 6.60. The first-order valence-corrected chi connectivity index (χ1v) is 6.98. The van der Waals surface area contributed by atoms with E-state index in [1.165, 1.54) is 6.08 Å². The normalized spacial score (nSPS) is 13.7. The molecule has 2 aromatic rings. The highest BCUT2D eigenvalue weighted by Crippen LogP contribution is 2.28. The molecule has 0 spiro atoms. The number of hydrogen-bond donors (Lipinski definition) is 1. The van der Waals surface area contributed by atoms with Crippen LogP contribution in [0.15, 0.2) is 41.1 Å². The summed E-state index contributed by atoms with van der Waals surface area (Å²) < 4.78 is 5.25. The molecule has 1 N–H and O–H groups in total. The quantitative estimate of drug-likeness (QED) is 0.696. The molecular formula is C15H11NO3S. The van der Waals surface area contributed by atoms with Crippen molar-refractivity contribution in [2.24, 2.45) is 0 Å². The Kier molecular flexibility index (Phi) is 3.35. The van der Waals surface area contributed by atoms with Crippen molar-refractivity contribution in [3.8, 4) is 5.75 Å². The number of ketones is 1. The van der Waals surface area contributed by atoms with Gasteiger partial charge in [-0.1, -0.05) is 6.08 Å². The van der Waals surface area contributed by atoms with Crippen molar-refractivity contribution in [3.05, 3.63) is 52.2 Å². The fraction of sp³-hybridized carbons (Fsp3) is 0.0667. The Hall–Kier alpha value is -2.40. The van der Waals surface area contributed by atoms with Crippen molar-refractivity contribution in [3.63, 3.8) is 0 Å². The van der Waals surface area contributed by atoms with Crippen LogP contribution in [0.4, 0.5) is 5.69 Å². The van der Waals surface area contributed by atoms with Gasteiger partial charge in [-0.2, -0.15) is 11.3 Å². The molecule has 20 heavy (non-hydrogen) atoms. The average molecular weight is 285 g/mol. The molecule has 1 aliphatic heterocycles. The molecule has 1 aromatic heterocycles. The number of nitrogens with one attached hydrogen (secondary N) is 1. The van der Waals surface area contributed by atoms with Gasteiger partial charge in [0.2, 0.25) is 0 Å². The minimum atomic E-state index is -0.212. The van der Waals surface area contributed by atoms with E-state index in [0.717, 1.165) is 5.56 Å². The first-order chi connectivity index (χ1) is 9.72. The van der Waals surface area contributed by atoms with Gasteiger partial charge < -0.3 is 10.1 Å². The number of carbonyl (C=O) groups excluding carboxylic acids is 2. The molecule has 4 nitrogen and oxygen atoms in total. The van der Waals surface area contributed by atoms with E-state index in [1.807, 2.05) is 16.8 Å². The lowest BCUT2D eigenvalue weighted by atomic mass is 10.1. The number of thiophene rings is 1. The van der Waals surface area contributed by atoms with Crippen molar-refractivity contribution < 1.29 is 14.3 Å². The summed E-state index contributed by atoms with van der Waals surface area (Å²) in [7, 11) is 0. The number of hydrogen-bond acceptors (Lipinski definition) is 4. The van der Waals surface area contributed by atoms with Crippen molar-refractivity contribution in [2.75, 3.05) is 11.9 Å². The standard InChI is InChI=1S/C15H11NO3S/c17-13(3-1-10-5-6-20-9-10)11-2-4-14-12(7-11)16-15(18)8-19-14/h1-7,9H,8H2,(H,16,18). The van der Waals surface area contributed by atoms with Crippen LogP contribution in [-0.4, -0.2) is 18.3 Å². The number of anilines is 1. The number of carbonyl (C=O) groups is 2. The molecule has 1 aromatic carbocycles. The van der Waals surface area contributed by atoms with Crippen LogP contribution in [0, 0.1) is 0 Å². The molecule has 0 atom stereocenters. The number of rotatable bonds is 3. The van der Waals surface area contributed by atoms with E-state index in [1.54, 1.807) is 35.6 Å². The summed E-state index contributed by atoms with van der Waals surface area (Å²) >= 11 is 1.58. The molecule has 0 saturated heterocycles. The number of fused-ring (bicyclic) bond motifs is 1. The molecule has 0 unspecified atom stereocenters. The van der Waals surface area contributed by atoms with Crippen LogP contribution in [0.2, 0.25) is 0 Å². The van der Waals surface area contributed by atoms with Gasteiger partial charge in [0.15, 0.2) is 12.4 Å². The van der Waals surface area contributed by atoms with Crippen LogP contribution in [0.1, 0.15) is 15.9 Å². The smallest absolute Gasteiger partial charge is 0.262 e. The van der Waals surface area contributed by atoms with Crippen LogP contribution in [0.5, 0.6) is 5.75 Å². The number of ether oxygens (including phenoxy) is 1. The second-order valence-corrected chi connectivity index (χ2v) is 5.08. The molecule has 2 heterocycles. The minimum Gasteiger partial charge on any atom is -0.482 e. The fourth-order valence-corrected chi connectivity index (χ4v) is 2.50. The highest BCUT2D eigenvalue weighted by Gasteiger charge is 2.17. The van der Waals surface area contributed by atoms with E-state index in [2.05, 4.69) is 5.32 Å². The largest absolute Gasteiger partial charge is 0.482 e. The zero-order valence-corrected chi connectivity index (χ0v) is 11.3. The third-order valence-electron chi connectivity index (χ3n) is 2.87. The molecule has 0 aliphatic carbocycles. The summed E-state index contributed by atoms with van der Waals surface area (Å²) in [5.74, 6) is 0.262. The van der Waals surface area contributed by atoms with E-state index in [9.17, 15) is 9.59 Å². The molecule has 100 valence electrons. The summed E-state index contributed by atoms with van der Waals surface area (Å²) in [4.78, 5) is 23.3. The van der Waals surface area contributed by atoms with Crippen molar-refractivity contribution in [1.29, 1.82) is 0 Å². The van der Waals surface area contributed by atoms with Gasteiger partial charge in [-0.25, -0.2) is 0 Å². The zero-order chi connectivity index (χ0) is 13.9. The summed E-state index contributed by atoms with van der Waals surface area (Å²) in [6, 6.07) is 6.96. The maximum Gasteiger partial charge on any atom is 0.262 e. The van der Waals surface area contributed by atoms with Gasteiger partial charge in [0, 0.05) is 5.56 Å². The second kappa shape index (κ2) is 5.30. The van der Waals surface area contributed by atoms with E-state index in [4.69, 9.17) is 4.74 Å². The topological polar surface area (TPSA) is 55.4 Å². The Bertz CT molecular complexity index is 689. The molecule has 1 amide bonds. The van der Waals surface area contributed by atoms with Crippen molar-refractivity contribution in [2.45, 2.75) is 0 Å². The lowest BCUT2D eigenvalue weighted by Gasteiger charge is -2.17. The van der Waals surface area contributed by atoms with Crippen LogP contribution < -0.4 is 10.1 Å². The highest BCUT2D eigenvalue weighted by atomic mass is 32.1. The molecule has 1 aliphatic rings. The predicted molar refractivity (Wildman–Crippen MR) is 78.3 cm³/mol. The lowest BCUT2D eigenvalue weighted by Crippen LogP contribution is -2.25. The maximum atomic E-state index is 12.1. The van der Waals surface area contributed by atoms with E-state index >= 15 is 0 Å². The fourth-order valence-electron chi connectivity index (χ4n) is 1.87. The Labute approximate surface area is 119 Å². The van der Waals surface area contributed by atoms with Crippen molar-refractivity contribution >= 4 is 34.8 Å². The molecule has 0 bridgehead atoms. The molecule has 0 saturated carbocycles. The van der Waals surface area contributed by atoms with Gasteiger partial charge in [-0.05, 0) is 46.7 Å². The minimum absolute atomic E-state index is 0.0123. The van der Waals surface area contributed by atoms with Crippen LogP contribution in [-0.2, 0) is 4.79 Å². The Morgan fingerprint density at radius 3 is 3.05 bits per heavy atom. The molecule has 0 fully saturated rings. The predicted octanol–water partition coefficient (Wildman–Crippen LogP) is 2.98. The average Bonchev–Trinajstić information content (AvgIpc) is 2.97. The molecular weight excluding hydrogens is 274 g/mol. The van der Waals surface area contributed by atoms with Gasteiger partial charge in [0.1, 0.15) is 5.75 Å². The Balaban J connectivity index is 1.82. The zero-order valence-electron chi connectivity index (χ0n) is 10.5. The van der Waals surface area contributed by atoms with Gasteiger partial charge in [-0.15, -0.1) is 0 Å². The van der Waals surface area contributed by atoms with Crippen LogP contribution in [0.25, 0.3) is 6.08 Å². The number of amides is 1. The van der Waals surface area contributed by atoms with Gasteiger partial charge in [-0.3, -0.25) is 9.59 Å². The molecule has 5 heteroatoms. The Morgan fingerprint density at radius 1 is 1.35 bits per heavy atom. The number of benzene rings is 1.